The summed E-state index contributed by atoms with van der Waals surface area (Å²) in [5.41, 5.74) is 8.89. The molecule has 0 aliphatic rings. The van der Waals surface area contributed by atoms with Crippen LogP contribution in [-0.4, -0.2) is 9.97 Å². The Balaban J connectivity index is 1.96. The average molecular weight is 293 g/mol. The van der Waals surface area contributed by atoms with Gasteiger partial charge in [-0.1, -0.05) is 23.2 Å². The Morgan fingerprint density at radius 2 is 1.79 bits per heavy atom. The van der Waals surface area contributed by atoms with E-state index in [0.717, 1.165) is 16.7 Å². The van der Waals surface area contributed by atoms with Gasteiger partial charge in [-0.05, 0) is 36.4 Å². The molecule has 3 rings (SSSR count). The number of nitrogens with zero attached hydrogens (tertiary/aromatic N) is 1. The molecular formula is C13H10Cl2N4. The van der Waals surface area contributed by atoms with Crippen molar-refractivity contribution >= 4 is 51.6 Å². The molecule has 6 heteroatoms. The smallest absolute Gasteiger partial charge is 0.205 e. The molecule has 1 heterocycles. The number of imidazole rings is 1. The van der Waals surface area contributed by atoms with Crippen LogP contribution in [-0.2, 0) is 0 Å². The second-order valence-electron chi connectivity index (χ2n) is 4.15. The number of nitrogens with one attached hydrogen (secondary N) is 2. The quantitative estimate of drug-likeness (QED) is 0.620. The molecule has 19 heavy (non-hydrogen) atoms. The van der Waals surface area contributed by atoms with Gasteiger partial charge in [0.2, 0.25) is 5.95 Å². The zero-order valence-electron chi connectivity index (χ0n) is 9.74. The standard InChI is InChI=1S/C13H10Cl2N4/c14-7-3-8(15)5-10(4-7)17-13-18-11-2-1-9(16)6-12(11)19-13/h1-6H,16H2,(H2,17,18,19). The Morgan fingerprint density at radius 3 is 2.53 bits per heavy atom. The number of nitrogens with two attached hydrogens (primary N) is 1. The van der Waals surface area contributed by atoms with Crippen molar-refractivity contribution in [2.45, 2.75) is 0 Å². The fourth-order valence-corrected chi connectivity index (χ4v) is 2.38. The fraction of sp³-hybridized carbons (Fsp3) is 0. The van der Waals surface area contributed by atoms with Crippen molar-refractivity contribution < 1.29 is 0 Å². The van der Waals surface area contributed by atoms with Gasteiger partial charge in [0.25, 0.3) is 0 Å². The van der Waals surface area contributed by atoms with Crippen LogP contribution in [0.15, 0.2) is 36.4 Å². The molecule has 0 atom stereocenters. The SMILES string of the molecule is Nc1ccc2nc(Nc3cc(Cl)cc(Cl)c3)[nH]c2c1. The summed E-state index contributed by atoms with van der Waals surface area (Å²) in [5.74, 6) is 0.610. The summed E-state index contributed by atoms with van der Waals surface area (Å²) in [5, 5.41) is 4.25. The summed E-state index contributed by atoms with van der Waals surface area (Å²) in [4.78, 5) is 7.54. The van der Waals surface area contributed by atoms with Crippen molar-refractivity contribution in [2.24, 2.45) is 0 Å². The van der Waals surface area contributed by atoms with Crippen molar-refractivity contribution in [3.63, 3.8) is 0 Å². The van der Waals surface area contributed by atoms with Gasteiger partial charge in [-0.3, -0.25) is 0 Å². The van der Waals surface area contributed by atoms with Gasteiger partial charge in [0.15, 0.2) is 0 Å². The van der Waals surface area contributed by atoms with Crippen molar-refractivity contribution in [3.8, 4) is 0 Å². The van der Waals surface area contributed by atoms with Crippen molar-refractivity contribution in [2.75, 3.05) is 11.1 Å². The van der Waals surface area contributed by atoms with E-state index in [2.05, 4.69) is 15.3 Å². The molecule has 0 unspecified atom stereocenters. The van der Waals surface area contributed by atoms with Crippen LogP contribution >= 0.6 is 23.2 Å². The molecule has 0 bridgehead atoms. The minimum Gasteiger partial charge on any atom is -0.399 e. The van der Waals surface area contributed by atoms with Crippen LogP contribution < -0.4 is 11.1 Å². The predicted octanol–water partition coefficient (Wildman–Crippen LogP) is 4.20. The number of hydrogen-bond donors (Lipinski definition) is 3. The van der Waals surface area contributed by atoms with E-state index in [0.29, 0.717) is 21.7 Å². The minimum absolute atomic E-state index is 0.565. The molecule has 0 radical (unpaired) electrons. The number of halogens is 2. The summed E-state index contributed by atoms with van der Waals surface area (Å²) < 4.78 is 0. The lowest BCUT2D eigenvalue weighted by molar-refractivity contribution is 1.31. The summed E-state index contributed by atoms with van der Waals surface area (Å²) in [6.45, 7) is 0. The van der Waals surface area contributed by atoms with E-state index >= 15 is 0 Å². The minimum atomic E-state index is 0.565. The zero-order chi connectivity index (χ0) is 13.4. The van der Waals surface area contributed by atoms with Crippen LogP contribution in [0.2, 0.25) is 10.0 Å². The third-order valence-electron chi connectivity index (χ3n) is 2.63. The maximum atomic E-state index is 5.94. The van der Waals surface area contributed by atoms with Crippen LogP contribution in [0.1, 0.15) is 0 Å². The Hall–Kier alpha value is -1.91. The van der Waals surface area contributed by atoms with E-state index in [1.165, 1.54) is 0 Å². The van der Waals surface area contributed by atoms with Crippen LogP contribution in [0.5, 0.6) is 0 Å². The normalized spacial score (nSPS) is 10.8. The molecular weight excluding hydrogens is 283 g/mol. The second kappa shape index (κ2) is 4.64. The first-order valence-corrected chi connectivity index (χ1v) is 6.34. The van der Waals surface area contributed by atoms with E-state index in [1.54, 1.807) is 18.2 Å². The van der Waals surface area contributed by atoms with Crippen LogP contribution in [0.25, 0.3) is 11.0 Å². The third kappa shape index (κ3) is 2.59. The predicted molar refractivity (Wildman–Crippen MR) is 80.3 cm³/mol. The van der Waals surface area contributed by atoms with Gasteiger partial charge in [0, 0.05) is 21.4 Å². The number of anilines is 3. The number of benzene rings is 2. The maximum absolute atomic E-state index is 5.94. The molecule has 0 aliphatic carbocycles. The van der Waals surface area contributed by atoms with Crippen LogP contribution in [0, 0.1) is 0 Å². The molecule has 4 N–H and O–H groups in total. The molecule has 2 aromatic carbocycles. The molecule has 0 saturated carbocycles. The first-order chi connectivity index (χ1) is 9.10. The van der Waals surface area contributed by atoms with Gasteiger partial charge >= 0.3 is 0 Å². The van der Waals surface area contributed by atoms with Gasteiger partial charge < -0.3 is 16.0 Å². The Bertz CT molecular complexity index is 731. The lowest BCUT2D eigenvalue weighted by Gasteiger charge is -2.03. The Kier molecular flexibility index (Phi) is 2.97. The van der Waals surface area contributed by atoms with E-state index in [-0.39, 0.29) is 0 Å². The second-order valence-corrected chi connectivity index (χ2v) is 5.02. The van der Waals surface area contributed by atoms with Crippen LogP contribution in [0.3, 0.4) is 0 Å². The van der Waals surface area contributed by atoms with Gasteiger partial charge in [0.05, 0.1) is 11.0 Å². The molecule has 0 fully saturated rings. The van der Waals surface area contributed by atoms with Gasteiger partial charge in [-0.25, -0.2) is 4.98 Å². The molecule has 1 aromatic heterocycles. The molecule has 0 amide bonds. The number of rotatable bonds is 2. The zero-order valence-corrected chi connectivity index (χ0v) is 11.3. The van der Waals surface area contributed by atoms with E-state index in [9.17, 15) is 0 Å². The number of nitrogen functional groups attached to an aromatic ring is 1. The van der Waals surface area contributed by atoms with Crippen LogP contribution in [0.4, 0.5) is 17.3 Å². The molecule has 0 aliphatic heterocycles. The number of fused-ring (bicyclic) bond motifs is 1. The van der Waals surface area contributed by atoms with Gasteiger partial charge in [-0.2, -0.15) is 0 Å². The molecule has 96 valence electrons. The highest BCUT2D eigenvalue weighted by Crippen LogP contribution is 2.25. The van der Waals surface area contributed by atoms with E-state index in [1.807, 2.05) is 18.2 Å². The third-order valence-corrected chi connectivity index (χ3v) is 3.07. The van der Waals surface area contributed by atoms with E-state index in [4.69, 9.17) is 28.9 Å². The van der Waals surface area contributed by atoms with Crippen molar-refractivity contribution in [3.05, 3.63) is 46.4 Å². The topological polar surface area (TPSA) is 66.7 Å². The maximum Gasteiger partial charge on any atom is 0.205 e. The molecule has 0 spiro atoms. The summed E-state index contributed by atoms with van der Waals surface area (Å²) in [6.07, 6.45) is 0. The fourth-order valence-electron chi connectivity index (χ4n) is 1.85. The summed E-state index contributed by atoms with van der Waals surface area (Å²) >= 11 is 11.9. The van der Waals surface area contributed by atoms with Gasteiger partial charge in [0.1, 0.15) is 0 Å². The molecule has 0 saturated heterocycles. The summed E-state index contributed by atoms with van der Waals surface area (Å²) in [6, 6.07) is 10.7. The number of hydrogen-bond acceptors (Lipinski definition) is 3. The Morgan fingerprint density at radius 1 is 1.05 bits per heavy atom. The first kappa shape index (κ1) is 12.1. The van der Waals surface area contributed by atoms with Gasteiger partial charge in [-0.15, -0.1) is 0 Å². The lowest BCUT2D eigenvalue weighted by Crippen LogP contribution is -1.91. The van der Waals surface area contributed by atoms with Crippen molar-refractivity contribution in [1.82, 2.24) is 9.97 Å². The summed E-state index contributed by atoms with van der Waals surface area (Å²) in [7, 11) is 0. The first-order valence-electron chi connectivity index (χ1n) is 5.58. The largest absolute Gasteiger partial charge is 0.399 e. The highest BCUT2D eigenvalue weighted by Gasteiger charge is 2.04. The number of H-pyrrole nitrogens is 1. The van der Waals surface area contributed by atoms with Crippen molar-refractivity contribution in [1.29, 1.82) is 0 Å². The highest BCUT2D eigenvalue weighted by molar-refractivity contribution is 6.35. The molecule has 4 nitrogen and oxygen atoms in total. The molecule has 3 aromatic rings. The lowest BCUT2D eigenvalue weighted by atomic mass is 10.3. The number of aromatic amines is 1. The Labute approximate surface area is 119 Å². The van der Waals surface area contributed by atoms with E-state index < -0.39 is 0 Å². The highest BCUT2D eigenvalue weighted by atomic mass is 35.5. The average Bonchev–Trinajstić information content (AvgIpc) is 2.68. The number of aromatic nitrogens is 2. The monoisotopic (exact) mass is 292 g/mol.